The molecule has 0 fully saturated rings. The number of rotatable bonds is 5. The number of hydrogen-bond acceptors (Lipinski definition) is 2. The molecule has 2 heteroatoms. The van der Waals surface area contributed by atoms with Crippen LogP contribution in [0.2, 0.25) is 0 Å². The molecule has 2 aliphatic rings. The highest BCUT2D eigenvalue weighted by Gasteiger charge is 2.52. The summed E-state index contributed by atoms with van der Waals surface area (Å²) in [7, 11) is 0. The Morgan fingerprint density at radius 3 is 1.69 bits per heavy atom. The maximum atomic E-state index is 6.38. The Bertz CT molecular complexity index is 3860. The molecule has 11 aromatic carbocycles. The predicted octanol–water partition coefficient (Wildman–Crippen LogP) is 17.0. The van der Waals surface area contributed by atoms with Crippen molar-refractivity contribution in [3.8, 4) is 44.5 Å². The predicted molar refractivity (Wildman–Crippen MR) is 271 cm³/mol. The van der Waals surface area contributed by atoms with Gasteiger partial charge in [-0.05, 0) is 137 Å². The third kappa shape index (κ3) is 5.17. The van der Waals surface area contributed by atoms with Gasteiger partial charge in [-0.25, -0.2) is 0 Å². The molecule has 302 valence electrons. The Labute approximate surface area is 376 Å². The molecule has 0 aliphatic heterocycles. The van der Waals surface area contributed by atoms with Gasteiger partial charge in [-0.3, -0.25) is 0 Å². The van der Waals surface area contributed by atoms with E-state index in [2.05, 4.69) is 235 Å². The van der Waals surface area contributed by atoms with Gasteiger partial charge >= 0.3 is 0 Å². The molecule has 14 rings (SSSR count). The minimum Gasteiger partial charge on any atom is -0.456 e. The van der Waals surface area contributed by atoms with Crippen molar-refractivity contribution in [2.24, 2.45) is 0 Å². The molecule has 12 aromatic rings. The summed E-state index contributed by atoms with van der Waals surface area (Å²) in [5.41, 5.74) is 19.9. The average molecular weight is 826 g/mol. The maximum absolute atomic E-state index is 6.38. The van der Waals surface area contributed by atoms with Crippen LogP contribution in [0.3, 0.4) is 0 Å². The molecule has 65 heavy (non-hydrogen) atoms. The van der Waals surface area contributed by atoms with Crippen LogP contribution in [0.4, 0.5) is 17.1 Å². The molecule has 0 N–H and O–H groups in total. The van der Waals surface area contributed by atoms with Gasteiger partial charge in [-0.1, -0.05) is 182 Å². The standard InChI is InChI=1S/C63H39NO/c1-2-14-43-37-45(30-27-40(43)13-1)48-20-11-15-42-28-29-44(38-53(42)48)41-31-33-46(34-32-41)64(47-35-36-61-54(39-47)51-18-6-10-26-60(51)65-61)59-25-12-24-58-62(59)52-19-5-9-23-57(52)63(58)55-21-7-3-16-49(55)50-17-4-8-22-56(50)63/h1-39H. The van der Waals surface area contributed by atoms with Crippen molar-refractivity contribution in [1.29, 1.82) is 0 Å². The monoisotopic (exact) mass is 825 g/mol. The first kappa shape index (κ1) is 36.1. The Balaban J connectivity index is 0.961. The molecule has 1 aromatic heterocycles. The van der Waals surface area contributed by atoms with E-state index in [0.29, 0.717) is 0 Å². The second-order valence-corrected chi connectivity index (χ2v) is 17.6. The van der Waals surface area contributed by atoms with Gasteiger partial charge in [-0.2, -0.15) is 0 Å². The highest BCUT2D eigenvalue weighted by atomic mass is 16.3. The number of furan rings is 1. The number of nitrogens with zero attached hydrogens (tertiary/aromatic N) is 1. The van der Waals surface area contributed by atoms with Crippen LogP contribution in [0.5, 0.6) is 0 Å². The van der Waals surface area contributed by atoms with Gasteiger partial charge in [0.1, 0.15) is 11.2 Å². The van der Waals surface area contributed by atoms with Crippen LogP contribution in [-0.2, 0) is 5.41 Å². The number of hydrogen-bond donors (Lipinski definition) is 0. The molecule has 0 saturated heterocycles. The van der Waals surface area contributed by atoms with Gasteiger partial charge in [0.25, 0.3) is 0 Å². The summed E-state index contributed by atoms with van der Waals surface area (Å²) in [6, 6.07) is 87.2. The largest absolute Gasteiger partial charge is 0.456 e. The van der Waals surface area contributed by atoms with Crippen molar-refractivity contribution in [3.63, 3.8) is 0 Å². The number of benzene rings is 11. The lowest BCUT2D eigenvalue weighted by atomic mass is 9.70. The van der Waals surface area contributed by atoms with E-state index in [1.54, 1.807) is 0 Å². The van der Waals surface area contributed by atoms with Crippen LogP contribution in [0.25, 0.3) is 88.0 Å². The second-order valence-electron chi connectivity index (χ2n) is 17.6. The summed E-state index contributed by atoms with van der Waals surface area (Å²) in [5, 5.41) is 7.19. The van der Waals surface area contributed by atoms with Crippen molar-refractivity contribution in [1.82, 2.24) is 0 Å². The molecule has 0 amide bonds. The Hall–Kier alpha value is -8.46. The zero-order valence-corrected chi connectivity index (χ0v) is 35.4. The minimum absolute atomic E-state index is 0.447. The van der Waals surface area contributed by atoms with Crippen LogP contribution >= 0.6 is 0 Å². The van der Waals surface area contributed by atoms with Crippen LogP contribution < -0.4 is 4.90 Å². The smallest absolute Gasteiger partial charge is 0.135 e. The normalized spacial score (nSPS) is 13.0. The van der Waals surface area contributed by atoms with Crippen LogP contribution in [0, 0.1) is 0 Å². The van der Waals surface area contributed by atoms with E-state index in [0.717, 1.165) is 39.0 Å². The van der Waals surface area contributed by atoms with Crippen molar-refractivity contribution < 1.29 is 4.42 Å². The third-order valence-corrected chi connectivity index (χ3v) is 14.3. The molecule has 2 nitrogen and oxygen atoms in total. The van der Waals surface area contributed by atoms with E-state index in [1.807, 2.05) is 6.07 Å². The van der Waals surface area contributed by atoms with Gasteiger partial charge in [0.05, 0.1) is 11.1 Å². The van der Waals surface area contributed by atoms with E-state index in [4.69, 9.17) is 4.42 Å². The van der Waals surface area contributed by atoms with Crippen LogP contribution in [-0.4, -0.2) is 0 Å². The molecule has 0 unspecified atom stereocenters. The lowest BCUT2D eigenvalue weighted by molar-refractivity contribution is 0.669. The molecule has 1 spiro atoms. The topological polar surface area (TPSA) is 16.4 Å². The number of anilines is 3. The van der Waals surface area contributed by atoms with Gasteiger partial charge in [0.15, 0.2) is 0 Å². The maximum Gasteiger partial charge on any atom is 0.135 e. The highest BCUT2D eigenvalue weighted by Crippen LogP contribution is 2.64. The molecule has 2 aliphatic carbocycles. The van der Waals surface area contributed by atoms with E-state index in [-0.39, 0.29) is 0 Å². The van der Waals surface area contributed by atoms with Gasteiger partial charge < -0.3 is 9.32 Å². The lowest BCUT2D eigenvalue weighted by Crippen LogP contribution is -2.26. The van der Waals surface area contributed by atoms with Crippen LogP contribution in [0.1, 0.15) is 22.3 Å². The van der Waals surface area contributed by atoms with Crippen LogP contribution in [0.15, 0.2) is 241 Å². The first-order chi connectivity index (χ1) is 32.2. The van der Waals surface area contributed by atoms with E-state index >= 15 is 0 Å². The molecule has 0 bridgehead atoms. The highest BCUT2D eigenvalue weighted by molar-refractivity contribution is 6.08. The Kier molecular flexibility index (Phi) is 7.64. The zero-order valence-electron chi connectivity index (χ0n) is 35.4. The van der Waals surface area contributed by atoms with Crippen molar-refractivity contribution in [2.75, 3.05) is 4.90 Å². The van der Waals surface area contributed by atoms with Crippen molar-refractivity contribution in [3.05, 3.63) is 259 Å². The molecule has 0 atom stereocenters. The average Bonchev–Trinajstić information content (AvgIpc) is 4.00. The summed E-state index contributed by atoms with van der Waals surface area (Å²) in [6.45, 7) is 0. The van der Waals surface area contributed by atoms with Gasteiger partial charge in [0, 0.05) is 27.7 Å². The molecule has 0 radical (unpaired) electrons. The number of para-hydroxylation sites is 1. The summed E-state index contributed by atoms with van der Waals surface area (Å²) in [4.78, 5) is 2.46. The lowest BCUT2D eigenvalue weighted by Gasteiger charge is -2.31. The second kappa shape index (κ2) is 13.8. The fraction of sp³-hybridized carbons (Fsp3) is 0.0159. The minimum atomic E-state index is -0.447. The Morgan fingerprint density at radius 2 is 0.877 bits per heavy atom. The summed E-state index contributed by atoms with van der Waals surface area (Å²) in [6.07, 6.45) is 0. The van der Waals surface area contributed by atoms with E-state index in [9.17, 15) is 0 Å². The van der Waals surface area contributed by atoms with Gasteiger partial charge in [0.2, 0.25) is 0 Å². The fourth-order valence-electron chi connectivity index (χ4n) is 11.5. The fourth-order valence-corrected chi connectivity index (χ4v) is 11.5. The van der Waals surface area contributed by atoms with E-state index in [1.165, 1.54) is 88.3 Å². The first-order valence-electron chi connectivity index (χ1n) is 22.5. The molecule has 1 heterocycles. The first-order valence-corrected chi connectivity index (χ1v) is 22.5. The Morgan fingerprint density at radius 1 is 0.308 bits per heavy atom. The molecular weight excluding hydrogens is 787 g/mol. The molecule has 0 saturated carbocycles. The number of fused-ring (bicyclic) bond motifs is 15. The van der Waals surface area contributed by atoms with Crippen molar-refractivity contribution in [2.45, 2.75) is 5.41 Å². The van der Waals surface area contributed by atoms with Gasteiger partial charge in [-0.15, -0.1) is 0 Å². The zero-order chi connectivity index (χ0) is 42.6. The molecular formula is C63H39NO. The third-order valence-electron chi connectivity index (χ3n) is 14.3. The summed E-state index contributed by atoms with van der Waals surface area (Å²) < 4.78 is 6.38. The SMILES string of the molecule is c1ccc2c(c1)-c1ccccc1C21c2ccccc2-c2c(N(c3ccc(-c4ccc5cccc(-c6ccc7ccccc7c6)c5c4)cc3)c3ccc4oc5ccccc5c4c3)cccc21. The summed E-state index contributed by atoms with van der Waals surface area (Å²) >= 11 is 0. The van der Waals surface area contributed by atoms with E-state index < -0.39 is 5.41 Å². The quantitative estimate of drug-likeness (QED) is 0.172. The summed E-state index contributed by atoms with van der Waals surface area (Å²) in [5.74, 6) is 0. The van der Waals surface area contributed by atoms with Crippen molar-refractivity contribution >= 4 is 60.5 Å².